The summed E-state index contributed by atoms with van der Waals surface area (Å²) in [6.07, 6.45) is 0.883. The van der Waals surface area contributed by atoms with Crippen molar-refractivity contribution in [3.05, 3.63) is 46.2 Å². The summed E-state index contributed by atoms with van der Waals surface area (Å²) in [5, 5.41) is 12.5. The molecule has 4 N–H and O–H groups in total. The number of nitrogens with one attached hydrogen (secondary N) is 2. The van der Waals surface area contributed by atoms with Crippen molar-refractivity contribution in [2.24, 2.45) is 11.7 Å². The quantitative estimate of drug-likeness (QED) is 0.554. The van der Waals surface area contributed by atoms with E-state index >= 15 is 0 Å². The SMILES string of the molecule is CC(C)Cc1nc(C(=O)Nc2ccc(-c3n[nH]c(CN)n3)cc2)cs1.Cl.Cl. The van der Waals surface area contributed by atoms with E-state index in [4.69, 9.17) is 5.73 Å². The third-order valence-corrected chi connectivity index (χ3v) is 4.36. The molecule has 146 valence electrons. The van der Waals surface area contributed by atoms with Gasteiger partial charge in [0.15, 0.2) is 5.82 Å². The number of benzene rings is 1. The van der Waals surface area contributed by atoms with Crippen LogP contribution in [0.2, 0.25) is 0 Å². The van der Waals surface area contributed by atoms with Crippen molar-refractivity contribution in [3.63, 3.8) is 0 Å². The Labute approximate surface area is 174 Å². The summed E-state index contributed by atoms with van der Waals surface area (Å²) in [5.41, 5.74) is 7.51. The van der Waals surface area contributed by atoms with Gasteiger partial charge in [0.25, 0.3) is 5.91 Å². The minimum atomic E-state index is -0.206. The number of amides is 1. The van der Waals surface area contributed by atoms with Gasteiger partial charge in [0.05, 0.1) is 11.6 Å². The van der Waals surface area contributed by atoms with Gasteiger partial charge >= 0.3 is 0 Å². The highest BCUT2D eigenvalue weighted by Crippen LogP contribution is 2.19. The van der Waals surface area contributed by atoms with Crippen LogP contribution in [0.5, 0.6) is 0 Å². The van der Waals surface area contributed by atoms with Gasteiger partial charge in [-0.15, -0.1) is 36.2 Å². The average molecular weight is 429 g/mol. The van der Waals surface area contributed by atoms with Crippen molar-refractivity contribution in [1.29, 1.82) is 0 Å². The van der Waals surface area contributed by atoms with Gasteiger partial charge in [0.2, 0.25) is 0 Å². The highest BCUT2D eigenvalue weighted by molar-refractivity contribution is 7.09. The molecular formula is C17H22Cl2N6OS. The van der Waals surface area contributed by atoms with Crippen LogP contribution in [0.1, 0.15) is 35.2 Å². The summed E-state index contributed by atoms with van der Waals surface area (Å²) < 4.78 is 0. The van der Waals surface area contributed by atoms with Crippen LogP contribution < -0.4 is 11.1 Å². The summed E-state index contributed by atoms with van der Waals surface area (Å²) in [7, 11) is 0. The largest absolute Gasteiger partial charge is 0.324 e. The predicted octanol–water partition coefficient (Wildman–Crippen LogP) is 3.68. The molecule has 27 heavy (non-hydrogen) atoms. The first-order chi connectivity index (χ1) is 12.0. The van der Waals surface area contributed by atoms with Crippen molar-refractivity contribution in [2.75, 3.05) is 5.32 Å². The molecule has 0 atom stereocenters. The zero-order valence-corrected chi connectivity index (χ0v) is 17.4. The standard InChI is InChI=1S/C17H20N6OS.2ClH/c1-10(2)7-15-20-13(9-25-15)17(24)19-12-5-3-11(4-6-12)16-21-14(8-18)22-23-16;;/h3-6,9-10H,7-8,18H2,1-2H3,(H,19,24)(H,21,22,23);2*1H. The fourth-order valence-electron chi connectivity index (χ4n) is 2.27. The molecule has 0 fully saturated rings. The van der Waals surface area contributed by atoms with Gasteiger partial charge in [-0.3, -0.25) is 9.89 Å². The van der Waals surface area contributed by atoms with E-state index in [0.29, 0.717) is 35.5 Å². The summed E-state index contributed by atoms with van der Waals surface area (Å²) in [5.74, 6) is 1.52. The second kappa shape index (κ2) is 10.4. The molecule has 0 saturated heterocycles. The van der Waals surface area contributed by atoms with E-state index in [1.807, 2.05) is 24.3 Å². The molecular weight excluding hydrogens is 407 g/mol. The van der Waals surface area contributed by atoms with Crippen LogP contribution in [-0.2, 0) is 13.0 Å². The van der Waals surface area contributed by atoms with E-state index in [2.05, 4.69) is 39.3 Å². The van der Waals surface area contributed by atoms with Crippen molar-refractivity contribution in [3.8, 4) is 11.4 Å². The fourth-order valence-corrected chi connectivity index (χ4v) is 3.26. The Morgan fingerprint density at radius 3 is 2.52 bits per heavy atom. The van der Waals surface area contributed by atoms with Gasteiger partial charge < -0.3 is 11.1 Å². The second-order valence-corrected chi connectivity index (χ2v) is 7.01. The first kappa shape index (κ1) is 23.0. The zero-order valence-electron chi connectivity index (χ0n) is 14.9. The van der Waals surface area contributed by atoms with Crippen molar-refractivity contribution >= 4 is 47.7 Å². The van der Waals surface area contributed by atoms with Gasteiger partial charge in [-0.2, -0.15) is 5.10 Å². The Bertz CT molecular complexity index is 862. The number of anilines is 1. The Kier molecular flexibility index (Phi) is 8.84. The third kappa shape index (κ3) is 6.00. The van der Waals surface area contributed by atoms with Crippen LogP contribution in [0.25, 0.3) is 11.4 Å². The smallest absolute Gasteiger partial charge is 0.275 e. The minimum absolute atomic E-state index is 0. The number of halogens is 2. The van der Waals surface area contributed by atoms with E-state index in [-0.39, 0.29) is 30.7 Å². The molecule has 1 amide bonds. The van der Waals surface area contributed by atoms with E-state index in [1.165, 1.54) is 11.3 Å². The number of hydrogen-bond acceptors (Lipinski definition) is 6. The molecule has 0 aliphatic carbocycles. The molecule has 0 aliphatic heterocycles. The Morgan fingerprint density at radius 2 is 1.93 bits per heavy atom. The maximum absolute atomic E-state index is 12.3. The first-order valence-electron chi connectivity index (χ1n) is 8.02. The van der Waals surface area contributed by atoms with E-state index in [1.54, 1.807) is 5.38 Å². The molecule has 10 heteroatoms. The number of nitrogens with two attached hydrogens (primary N) is 1. The summed E-state index contributed by atoms with van der Waals surface area (Å²) >= 11 is 1.52. The van der Waals surface area contributed by atoms with Gasteiger partial charge in [-0.05, 0) is 30.2 Å². The molecule has 0 spiro atoms. The maximum Gasteiger partial charge on any atom is 0.275 e. The summed E-state index contributed by atoms with van der Waals surface area (Å²) in [6.45, 7) is 4.58. The average Bonchev–Trinajstić information content (AvgIpc) is 3.24. The predicted molar refractivity (Wildman–Crippen MR) is 113 cm³/mol. The van der Waals surface area contributed by atoms with Crippen molar-refractivity contribution in [2.45, 2.75) is 26.8 Å². The number of aromatic nitrogens is 4. The number of aromatic amines is 1. The van der Waals surface area contributed by atoms with Gasteiger partial charge in [-0.25, -0.2) is 9.97 Å². The van der Waals surface area contributed by atoms with Gasteiger partial charge in [0.1, 0.15) is 11.5 Å². The van der Waals surface area contributed by atoms with Crippen LogP contribution in [0.4, 0.5) is 5.69 Å². The van der Waals surface area contributed by atoms with Crippen LogP contribution in [0.3, 0.4) is 0 Å². The highest BCUT2D eigenvalue weighted by atomic mass is 35.5. The van der Waals surface area contributed by atoms with Crippen LogP contribution in [0.15, 0.2) is 29.6 Å². The van der Waals surface area contributed by atoms with Crippen molar-refractivity contribution < 1.29 is 4.79 Å². The lowest BCUT2D eigenvalue weighted by Crippen LogP contribution is -2.12. The lowest BCUT2D eigenvalue weighted by molar-refractivity contribution is 0.102. The molecule has 3 rings (SSSR count). The zero-order chi connectivity index (χ0) is 17.8. The maximum atomic E-state index is 12.3. The van der Waals surface area contributed by atoms with E-state index < -0.39 is 0 Å². The number of rotatable bonds is 6. The van der Waals surface area contributed by atoms with Crippen LogP contribution in [0, 0.1) is 5.92 Å². The molecule has 0 unspecified atom stereocenters. The third-order valence-electron chi connectivity index (χ3n) is 3.49. The van der Waals surface area contributed by atoms with Crippen LogP contribution in [-0.4, -0.2) is 26.1 Å². The number of thiazole rings is 1. The molecule has 0 radical (unpaired) electrons. The summed E-state index contributed by atoms with van der Waals surface area (Å²) in [6, 6.07) is 7.33. The second-order valence-electron chi connectivity index (χ2n) is 6.07. The fraction of sp³-hybridized carbons (Fsp3) is 0.294. The number of carbonyl (C=O) groups excluding carboxylic acids is 1. The summed E-state index contributed by atoms with van der Waals surface area (Å²) in [4.78, 5) is 21.0. The molecule has 0 saturated carbocycles. The monoisotopic (exact) mass is 428 g/mol. The van der Waals surface area contributed by atoms with Gasteiger partial charge in [0, 0.05) is 23.1 Å². The molecule has 0 aliphatic rings. The normalized spacial score (nSPS) is 10.2. The Balaban J connectivity index is 0.00000182. The first-order valence-corrected chi connectivity index (χ1v) is 8.90. The molecule has 3 aromatic rings. The molecule has 2 heterocycles. The van der Waals surface area contributed by atoms with E-state index in [0.717, 1.165) is 17.0 Å². The van der Waals surface area contributed by atoms with Gasteiger partial charge in [-0.1, -0.05) is 13.8 Å². The lowest BCUT2D eigenvalue weighted by atomic mass is 10.1. The highest BCUT2D eigenvalue weighted by Gasteiger charge is 2.12. The Morgan fingerprint density at radius 1 is 1.22 bits per heavy atom. The number of hydrogen-bond donors (Lipinski definition) is 3. The molecule has 2 aromatic heterocycles. The van der Waals surface area contributed by atoms with Crippen LogP contribution >= 0.6 is 36.2 Å². The Hall–Kier alpha value is -2.00. The molecule has 1 aromatic carbocycles. The lowest BCUT2D eigenvalue weighted by Gasteiger charge is -2.04. The van der Waals surface area contributed by atoms with Crippen molar-refractivity contribution in [1.82, 2.24) is 20.2 Å². The number of nitrogens with zero attached hydrogens (tertiary/aromatic N) is 3. The molecule has 7 nitrogen and oxygen atoms in total. The molecule has 0 bridgehead atoms. The number of carbonyl (C=O) groups is 1. The van der Waals surface area contributed by atoms with E-state index in [9.17, 15) is 4.79 Å². The minimum Gasteiger partial charge on any atom is -0.324 e. The topological polar surface area (TPSA) is 110 Å². The number of H-pyrrole nitrogens is 1.